The van der Waals surface area contributed by atoms with Gasteiger partial charge >= 0.3 is 0 Å². The average Bonchev–Trinajstić information content (AvgIpc) is 2.36. The summed E-state index contributed by atoms with van der Waals surface area (Å²) in [4.78, 5) is 6.54. The van der Waals surface area contributed by atoms with Gasteiger partial charge in [0, 0.05) is 17.9 Å². The van der Waals surface area contributed by atoms with Gasteiger partial charge in [0.25, 0.3) is 0 Å². The lowest BCUT2D eigenvalue weighted by molar-refractivity contribution is 0.113. The summed E-state index contributed by atoms with van der Waals surface area (Å²) in [5.74, 6) is 0. The first kappa shape index (κ1) is 14.1. The van der Waals surface area contributed by atoms with Gasteiger partial charge in [-0.1, -0.05) is 19.9 Å². The van der Waals surface area contributed by atoms with Gasteiger partial charge in [0.15, 0.2) is 0 Å². The predicted molar refractivity (Wildman–Crippen MR) is 73.0 cm³/mol. The van der Waals surface area contributed by atoms with E-state index >= 15 is 0 Å². The minimum atomic E-state index is 0.0963. The maximum atomic E-state index is 4.24. The van der Waals surface area contributed by atoms with Gasteiger partial charge in [-0.25, -0.2) is 0 Å². The molecule has 0 aromatic carbocycles. The Balaban J connectivity index is 3.08. The smallest absolute Gasteiger partial charge is 0.0519 e. The zero-order chi connectivity index (χ0) is 12.9. The first-order valence-corrected chi connectivity index (χ1v) is 6.37. The van der Waals surface area contributed by atoms with Crippen LogP contribution in [0.15, 0.2) is 24.5 Å². The summed E-state index contributed by atoms with van der Waals surface area (Å²) in [6.45, 7) is 7.64. The maximum Gasteiger partial charge on any atom is 0.0519 e. The van der Waals surface area contributed by atoms with Crippen molar-refractivity contribution in [3.05, 3.63) is 30.1 Å². The normalized spacial score (nSPS) is 16.8. The van der Waals surface area contributed by atoms with Gasteiger partial charge in [0.1, 0.15) is 0 Å². The molecule has 3 nitrogen and oxygen atoms in total. The Hall–Kier alpha value is -0.930. The molecule has 2 unspecified atom stereocenters. The maximum absolute atomic E-state index is 4.24. The van der Waals surface area contributed by atoms with E-state index in [4.69, 9.17) is 0 Å². The van der Waals surface area contributed by atoms with E-state index in [1.807, 2.05) is 18.5 Å². The van der Waals surface area contributed by atoms with Crippen molar-refractivity contribution in [3.8, 4) is 0 Å². The van der Waals surface area contributed by atoms with Gasteiger partial charge in [-0.2, -0.15) is 0 Å². The first-order valence-electron chi connectivity index (χ1n) is 6.37. The minimum Gasteiger partial charge on any atom is -0.309 e. The molecular formula is C14H25N3. The molecule has 2 atom stereocenters. The van der Waals surface area contributed by atoms with E-state index in [0.717, 1.165) is 13.0 Å². The Labute approximate surface area is 105 Å². The van der Waals surface area contributed by atoms with Crippen LogP contribution >= 0.6 is 0 Å². The molecule has 96 valence electrons. The number of aromatic nitrogens is 1. The van der Waals surface area contributed by atoms with Gasteiger partial charge < -0.3 is 10.2 Å². The van der Waals surface area contributed by atoms with Crippen LogP contribution in [0.1, 0.15) is 38.8 Å². The SMILES string of the molecule is CCNC(c1cccnc1)C(C)(CC)N(C)C. The summed E-state index contributed by atoms with van der Waals surface area (Å²) < 4.78 is 0. The molecule has 1 rings (SSSR count). The van der Waals surface area contributed by atoms with Crippen molar-refractivity contribution in [1.29, 1.82) is 0 Å². The lowest BCUT2D eigenvalue weighted by Gasteiger charge is -2.43. The zero-order valence-electron chi connectivity index (χ0n) is 11.7. The van der Waals surface area contributed by atoms with E-state index in [9.17, 15) is 0 Å². The van der Waals surface area contributed by atoms with E-state index in [1.165, 1.54) is 5.56 Å². The van der Waals surface area contributed by atoms with Crippen LogP contribution in [0.25, 0.3) is 0 Å². The highest BCUT2D eigenvalue weighted by molar-refractivity contribution is 5.19. The molecule has 0 aliphatic rings. The van der Waals surface area contributed by atoms with E-state index in [-0.39, 0.29) is 5.54 Å². The topological polar surface area (TPSA) is 28.2 Å². The fourth-order valence-corrected chi connectivity index (χ4v) is 2.23. The molecule has 1 heterocycles. The summed E-state index contributed by atoms with van der Waals surface area (Å²) in [7, 11) is 4.29. The number of hydrogen-bond acceptors (Lipinski definition) is 3. The second kappa shape index (κ2) is 6.12. The van der Waals surface area contributed by atoms with Crippen molar-refractivity contribution in [2.75, 3.05) is 20.6 Å². The molecule has 0 fully saturated rings. The summed E-state index contributed by atoms with van der Waals surface area (Å²) in [5.41, 5.74) is 1.35. The Morgan fingerprint density at radius 2 is 2.12 bits per heavy atom. The Morgan fingerprint density at radius 1 is 1.41 bits per heavy atom. The monoisotopic (exact) mass is 235 g/mol. The summed E-state index contributed by atoms with van der Waals surface area (Å²) in [6, 6.07) is 4.46. The van der Waals surface area contributed by atoms with E-state index in [0.29, 0.717) is 6.04 Å². The number of nitrogens with zero attached hydrogens (tertiary/aromatic N) is 2. The number of likely N-dealkylation sites (N-methyl/N-ethyl adjacent to an activating group) is 2. The van der Waals surface area contributed by atoms with E-state index in [2.05, 4.69) is 56.1 Å². The van der Waals surface area contributed by atoms with Gasteiger partial charge in [-0.05, 0) is 45.6 Å². The molecule has 17 heavy (non-hydrogen) atoms. The third-order valence-corrected chi connectivity index (χ3v) is 3.79. The van der Waals surface area contributed by atoms with Crippen LogP contribution in [0.2, 0.25) is 0 Å². The third-order valence-electron chi connectivity index (χ3n) is 3.79. The molecule has 0 aliphatic carbocycles. The van der Waals surface area contributed by atoms with Crippen LogP contribution in [-0.4, -0.2) is 36.1 Å². The molecule has 0 bridgehead atoms. The van der Waals surface area contributed by atoms with Crippen LogP contribution < -0.4 is 5.32 Å². The van der Waals surface area contributed by atoms with Crippen molar-refractivity contribution < 1.29 is 0 Å². The summed E-state index contributed by atoms with van der Waals surface area (Å²) >= 11 is 0. The molecule has 1 aromatic rings. The van der Waals surface area contributed by atoms with Gasteiger partial charge in [0.05, 0.1) is 6.04 Å². The highest BCUT2D eigenvalue weighted by Gasteiger charge is 2.35. The molecule has 1 N–H and O–H groups in total. The molecule has 0 saturated carbocycles. The highest BCUT2D eigenvalue weighted by atomic mass is 15.2. The number of rotatable bonds is 6. The molecule has 0 radical (unpaired) electrons. The highest BCUT2D eigenvalue weighted by Crippen LogP contribution is 2.32. The zero-order valence-corrected chi connectivity index (χ0v) is 11.7. The van der Waals surface area contributed by atoms with Gasteiger partial charge in [-0.3, -0.25) is 4.98 Å². The fourth-order valence-electron chi connectivity index (χ4n) is 2.23. The summed E-state index contributed by atoms with van der Waals surface area (Å²) in [5, 5.41) is 3.59. The molecular weight excluding hydrogens is 210 g/mol. The van der Waals surface area contributed by atoms with Crippen LogP contribution in [0.5, 0.6) is 0 Å². The van der Waals surface area contributed by atoms with Crippen molar-refractivity contribution >= 4 is 0 Å². The van der Waals surface area contributed by atoms with Crippen LogP contribution in [0.3, 0.4) is 0 Å². The number of nitrogens with one attached hydrogen (secondary N) is 1. The first-order chi connectivity index (χ1) is 8.06. The van der Waals surface area contributed by atoms with E-state index in [1.54, 1.807) is 0 Å². The molecule has 3 heteroatoms. The second-order valence-electron chi connectivity index (χ2n) is 4.88. The summed E-state index contributed by atoms with van der Waals surface area (Å²) in [6.07, 6.45) is 4.88. The Kier molecular flexibility index (Phi) is 5.09. The van der Waals surface area contributed by atoms with Crippen LogP contribution in [0.4, 0.5) is 0 Å². The van der Waals surface area contributed by atoms with Gasteiger partial charge in [-0.15, -0.1) is 0 Å². The van der Waals surface area contributed by atoms with Crippen LogP contribution in [0, 0.1) is 0 Å². The molecule has 0 aliphatic heterocycles. The lowest BCUT2D eigenvalue weighted by atomic mass is 9.84. The molecule has 0 amide bonds. The molecule has 1 aromatic heterocycles. The second-order valence-corrected chi connectivity index (χ2v) is 4.88. The van der Waals surface area contributed by atoms with Gasteiger partial charge in [0.2, 0.25) is 0 Å². The molecule has 0 spiro atoms. The standard InChI is InChI=1S/C14H25N3/c1-6-14(3,17(4)5)13(16-7-2)12-9-8-10-15-11-12/h8-11,13,16H,6-7H2,1-5H3. The third kappa shape index (κ3) is 3.05. The van der Waals surface area contributed by atoms with Crippen molar-refractivity contribution in [2.45, 2.75) is 38.8 Å². The van der Waals surface area contributed by atoms with Crippen molar-refractivity contribution in [1.82, 2.24) is 15.2 Å². The van der Waals surface area contributed by atoms with Crippen molar-refractivity contribution in [3.63, 3.8) is 0 Å². The van der Waals surface area contributed by atoms with Crippen LogP contribution in [-0.2, 0) is 0 Å². The molecule has 0 saturated heterocycles. The predicted octanol–water partition coefficient (Wildman–Crippen LogP) is 2.46. The minimum absolute atomic E-state index is 0.0963. The lowest BCUT2D eigenvalue weighted by Crippen LogP contribution is -2.51. The van der Waals surface area contributed by atoms with E-state index < -0.39 is 0 Å². The fraction of sp³-hybridized carbons (Fsp3) is 0.643. The average molecular weight is 235 g/mol. The Bertz CT molecular complexity index is 323. The number of hydrogen-bond donors (Lipinski definition) is 1. The quantitative estimate of drug-likeness (QED) is 0.821. The van der Waals surface area contributed by atoms with Crippen molar-refractivity contribution in [2.24, 2.45) is 0 Å². The Morgan fingerprint density at radius 3 is 2.53 bits per heavy atom. The largest absolute Gasteiger partial charge is 0.309 e. The number of pyridine rings is 1.